The molecule has 0 aliphatic heterocycles. The quantitative estimate of drug-likeness (QED) is 0.343. The zero-order valence-electron chi connectivity index (χ0n) is 22.8. The van der Waals surface area contributed by atoms with Gasteiger partial charge in [-0.1, -0.05) is 12.8 Å². The van der Waals surface area contributed by atoms with Crippen molar-refractivity contribution < 1.29 is 18.7 Å². The summed E-state index contributed by atoms with van der Waals surface area (Å²) in [5.41, 5.74) is 7.80. The number of carbonyl (C=O) groups is 2. The van der Waals surface area contributed by atoms with E-state index in [9.17, 15) is 9.59 Å². The molecule has 4 rings (SSSR count). The third kappa shape index (κ3) is 7.01. The first-order valence-electron chi connectivity index (χ1n) is 12.9. The van der Waals surface area contributed by atoms with Gasteiger partial charge in [0.2, 0.25) is 0 Å². The highest BCUT2D eigenvalue weighted by Gasteiger charge is 2.30. The van der Waals surface area contributed by atoms with Gasteiger partial charge in [0.25, 0.3) is 5.91 Å². The van der Waals surface area contributed by atoms with E-state index < -0.39 is 23.4 Å². The highest BCUT2D eigenvalue weighted by Crippen LogP contribution is 2.28. The summed E-state index contributed by atoms with van der Waals surface area (Å²) < 4.78 is 22.3. The summed E-state index contributed by atoms with van der Waals surface area (Å²) in [6, 6.07) is 4.20. The molecule has 1 saturated carbocycles. The summed E-state index contributed by atoms with van der Waals surface area (Å²) in [6.07, 6.45) is 5.90. The van der Waals surface area contributed by atoms with E-state index in [-0.39, 0.29) is 29.3 Å². The van der Waals surface area contributed by atoms with Crippen LogP contribution in [0.5, 0.6) is 0 Å². The zero-order valence-corrected chi connectivity index (χ0v) is 22.8. The van der Waals surface area contributed by atoms with E-state index in [0.717, 1.165) is 30.3 Å². The summed E-state index contributed by atoms with van der Waals surface area (Å²) in [4.78, 5) is 33.2. The van der Waals surface area contributed by atoms with E-state index >= 15 is 4.39 Å². The molecular formula is C27H35FN8O3. The Kier molecular flexibility index (Phi) is 8.03. The number of carbonyl (C=O) groups excluding carboxylic acids is 2. The molecule has 12 heteroatoms. The topological polar surface area (TPSA) is 149 Å². The van der Waals surface area contributed by atoms with Crippen molar-refractivity contribution in [2.75, 3.05) is 10.6 Å². The first-order valence-corrected chi connectivity index (χ1v) is 12.9. The SMILES string of the molecule is Cc1cc(C)n(-c2cncc(Nc3nc(N[C@@H]4CCCC[C@@H]4NC(=O)OC(C)(C)C)c(F)cc3C(N)=O)c2)n1. The maximum atomic E-state index is 15.1. The van der Waals surface area contributed by atoms with Gasteiger partial charge in [0.15, 0.2) is 11.6 Å². The van der Waals surface area contributed by atoms with E-state index in [0.29, 0.717) is 24.2 Å². The minimum Gasteiger partial charge on any atom is -0.444 e. The Bertz CT molecular complexity index is 1370. The number of aryl methyl sites for hydroxylation is 2. The van der Waals surface area contributed by atoms with Crippen LogP contribution in [0.2, 0.25) is 0 Å². The molecule has 208 valence electrons. The Morgan fingerprint density at radius 2 is 1.79 bits per heavy atom. The molecule has 0 unspecified atom stereocenters. The molecule has 3 aromatic heterocycles. The van der Waals surface area contributed by atoms with Crippen molar-refractivity contribution in [3.05, 3.63) is 53.4 Å². The second-order valence-electron chi connectivity index (χ2n) is 10.8. The lowest BCUT2D eigenvalue weighted by molar-refractivity contribution is 0.0488. The van der Waals surface area contributed by atoms with Gasteiger partial charge in [-0.25, -0.2) is 18.9 Å². The van der Waals surface area contributed by atoms with Gasteiger partial charge in [0.1, 0.15) is 11.4 Å². The van der Waals surface area contributed by atoms with Gasteiger partial charge >= 0.3 is 6.09 Å². The van der Waals surface area contributed by atoms with E-state index in [2.05, 4.69) is 31.0 Å². The number of hydrogen-bond acceptors (Lipinski definition) is 8. The number of alkyl carbamates (subject to hydrolysis) is 1. The molecule has 39 heavy (non-hydrogen) atoms. The van der Waals surface area contributed by atoms with Crippen molar-refractivity contribution in [3.63, 3.8) is 0 Å². The van der Waals surface area contributed by atoms with Gasteiger partial charge in [-0.15, -0.1) is 0 Å². The van der Waals surface area contributed by atoms with Crippen molar-refractivity contribution in [2.45, 2.75) is 78.0 Å². The highest BCUT2D eigenvalue weighted by atomic mass is 19.1. The molecule has 1 aliphatic carbocycles. The first-order chi connectivity index (χ1) is 18.4. The number of ether oxygens (including phenoxy) is 1. The molecule has 2 atom stereocenters. The molecule has 0 bridgehead atoms. The number of rotatable bonds is 7. The van der Waals surface area contributed by atoms with Crippen molar-refractivity contribution >= 4 is 29.3 Å². The Balaban J connectivity index is 1.59. The number of amides is 2. The zero-order chi connectivity index (χ0) is 28.3. The molecule has 11 nitrogen and oxygen atoms in total. The lowest BCUT2D eigenvalue weighted by Gasteiger charge is -2.34. The number of aromatic nitrogens is 4. The second-order valence-corrected chi connectivity index (χ2v) is 10.8. The smallest absolute Gasteiger partial charge is 0.407 e. The van der Waals surface area contributed by atoms with Crippen LogP contribution in [0, 0.1) is 19.7 Å². The Morgan fingerprint density at radius 3 is 2.44 bits per heavy atom. The molecule has 5 N–H and O–H groups in total. The third-order valence-electron chi connectivity index (χ3n) is 6.27. The van der Waals surface area contributed by atoms with Gasteiger partial charge in [-0.2, -0.15) is 5.10 Å². The largest absolute Gasteiger partial charge is 0.444 e. The number of nitrogens with one attached hydrogen (secondary N) is 3. The molecular weight excluding hydrogens is 503 g/mol. The number of primary amides is 1. The molecule has 0 radical (unpaired) electrons. The van der Waals surface area contributed by atoms with Crippen molar-refractivity contribution in [2.24, 2.45) is 5.73 Å². The maximum Gasteiger partial charge on any atom is 0.407 e. The van der Waals surface area contributed by atoms with E-state index in [1.165, 1.54) is 0 Å². The van der Waals surface area contributed by atoms with E-state index in [1.54, 1.807) is 43.9 Å². The number of pyridine rings is 2. The monoisotopic (exact) mass is 538 g/mol. The van der Waals surface area contributed by atoms with Gasteiger partial charge in [0.05, 0.1) is 41.1 Å². The van der Waals surface area contributed by atoms with Crippen molar-refractivity contribution in [3.8, 4) is 5.69 Å². The van der Waals surface area contributed by atoms with Crippen LogP contribution in [0.3, 0.4) is 0 Å². The van der Waals surface area contributed by atoms with Crippen LogP contribution in [0.4, 0.5) is 26.5 Å². The average Bonchev–Trinajstić information content (AvgIpc) is 3.18. The fraction of sp³-hybridized carbons (Fsp3) is 0.444. The Morgan fingerprint density at radius 1 is 1.08 bits per heavy atom. The van der Waals surface area contributed by atoms with Crippen LogP contribution in [0.25, 0.3) is 5.69 Å². The summed E-state index contributed by atoms with van der Waals surface area (Å²) >= 11 is 0. The summed E-state index contributed by atoms with van der Waals surface area (Å²) in [6.45, 7) is 9.20. The minimum absolute atomic E-state index is 0.0620. The normalized spacial score (nSPS) is 17.4. The number of halogens is 1. The minimum atomic E-state index is -0.833. The van der Waals surface area contributed by atoms with E-state index in [1.807, 2.05) is 19.9 Å². The summed E-state index contributed by atoms with van der Waals surface area (Å²) in [5.74, 6) is -1.55. The van der Waals surface area contributed by atoms with Crippen LogP contribution in [0.1, 0.15) is 68.2 Å². The lowest BCUT2D eigenvalue weighted by Crippen LogP contribution is -2.50. The van der Waals surface area contributed by atoms with Gasteiger partial charge in [-0.05, 0) is 65.7 Å². The third-order valence-corrected chi connectivity index (χ3v) is 6.27. The van der Waals surface area contributed by atoms with Gasteiger partial charge < -0.3 is 26.4 Å². The van der Waals surface area contributed by atoms with Crippen LogP contribution < -0.4 is 21.7 Å². The van der Waals surface area contributed by atoms with Crippen LogP contribution >= 0.6 is 0 Å². The molecule has 0 saturated heterocycles. The van der Waals surface area contributed by atoms with E-state index in [4.69, 9.17) is 10.5 Å². The Hall–Kier alpha value is -4.22. The molecule has 1 aliphatic rings. The molecule has 3 aromatic rings. The lowest BCUT2D eigenvalue weighted by atomic mass is 9.90. The predicted octanol–water partition coefficient (Wildman–Crippen LogP) is 4.51. The molecule has 3 heterocycles. The fourth-order valence-electron chi connectivity index (χ4n) is 4.62. The number of nitrogens with two attached hydrogens (primary N) is 1. The number of anilines is 3. The summed E-state index contributed by atoms with van der Waals surface area (Å²) in [5, 5.41) is 13.6. The standard InChI is InChI=1S/C27H35FN8O3/c1-15-10-16(2)36(35-15)18-11-17(13-30-14-18)31-24-19(23(29)37)12-20(28)25(34-24)32-21-8-6-7-9-22(21)33-26(38)39-27(3,4)5/h10-14,21-22H,6-9H2,1-5H3,(H2,29,37)(H,33,38)(H2,31,32,34)/t21-,22+/m1/s1. The van der Waals surface area contributed by atoms with Crippen LogP contribution in [0.15, 0.2) is 30.6 Å². The average molecular weight is 539 g/mol. The molecule has 2 amide bonds. The predicted molar refractivity (Wildman–Crippen MR) is 146 cm³/mol. The Labute approximate surface area is 226 Å². The highest BCUT2D eigenvalue weighted by molar-refractivity contribution is 5.98. The van der Waals surface area contributed by atoms with Gasteiger partial charge in [0, 0.05) is 11.7 Å². The van der Waals surface area contributed by atoms with Crippen LogP contribution in [-0.2, 0) is 4.74 Å². The fourth-order valence-corrected chi connectivity index (χ4v) is 4.62. The second kappa shape index (κ2) is 11.3. The maximum absolute atomic E-state index is 15.1. The van der Waals surface area contributed by atoms with Crippen molar-refractivity contribution in [1.82, 2.24) is 25.1 Å². The number of hydrogen-bond donors (Lipinski definition) is 4. The van der Waals surface area contributed by atoms with Gasteiger partial charge in [-0.3, -0.25) is 9.78 Å². The molecule has 0 aromatic carbocycles. The molecule has 1 fully saturated rings. The molecule has 0 spiro atoms. The van der Waals surface area contributed by atoms with Crippen molar-refractivity contribution in [1.29, 1.82) is 0 Å². The van der Waals surface area contributed by atoms with Crippen LogP contribution in [-0.4, -0.2) is 49.4 Å². The summed E-state index contributed by atoms with van der Waals surface area (Å²) in [7, 11) is 0. The first kappa shape index (κ1) is 27.8. The number of nitrogens with zero attached hydrogens (tertiary/aromatic N) is 4.